The second kappa shape index (κ2) is 7.06. The van der Waals surface area contributed by atoms with Gasteiger partial charge in [0, 0.05) is 6.08 Å². The Hall–Kier alpha value is -1.05. The van der Waals surface area contributed by atoms with Crippen LogP contribution in [0.25, 0.3) is 0 Å². The van der Waals surface area contributed by atoms with Gasteiger partial charge in [-0.1, -0.05) is 25.2 Å². The Morgan fingerprint density at radius 1 is 1.27 bits per heavy atom. The minimum Gasteiger partial charge on any atom is -0.478 e. The summed E-state index contributed by atoms with van der Waals surface area (Å²) in [4.78, 5) is 9.98. The molecule has 11 heavy (non-hydrogen) atoms. The molecular formula is C9H14O2. The zero-order valence-electron chi connectivity index (χ0n) is 6.79. The van der Waals surface area contributed by atoms with Gasteiger partial charge in [-0.3, -0.25) is 0 Å². The van der Waals surface area contributed by atoms with Crippen molar-refractivity contribution in [1.29, 1.82) is 0 Å². The molecule has 2 heteroatoms. The number of carbonyl (C=O) groups is 1. The molecule has 0 unspecified atom stereocenters. The molecule has 0 aromatic heterocycles. The Morgan fingerprint density at radius 2 is 1.91 bits per heavy atom. The normalized spacial score (nSPS) is 11.4. The van der Waals surface area contributed by atoms with E-state index < -0.39 is 5.97 Å². The lowest BCUT2D eigenvalue weighted by Gasteiger charge is -1.84. The average Bonchev–Trinajstić information content (AvgIpc) is 1.96. The van der Waals surface area contributed by atoms with Crippen LogP contribution in [-0.2, 0) is 4.79 Å². The highest BCUT2D eigenvalue weighted by molar-refractivity contribution is 5.79. The number of aliphatic carboxylic acids is 1. The molecule has 0 atom stereocenters. The van der Waals surface area contributed by atoms with Crippen LogP contribution in [0.1, 0.15) is 26.2 Å². The number of unbranched alkanes of at least 4 members (excludes halogenated alkanes) is 1. The third-order valence-electron chi connectivity index (χ3n) is 1.16. The van der Waals surface area contributed by atoms with E-state index in [0.29, 0.717) is 0 Å². The molecule has 0 aliphatic carbocycles. The summed E-state index contributed by atoms with van der Waals surface area (Å²) in [6.07, 6.45) is 9.77. The first-order valence-corrected chi connectivity index (χ1v) is 3.81. The second-order valence-electron chi connectivity index (χ2n) is 2.20. The van der Waals surface area contributed by atoms with Gasteiger partial charge in [0.15, 0.2) is 0 Å². The lowest BCUT2D eigenvalue weighted by Crippen LogP contribution is -1.84. The summed E-state index contributed by atoms with van der Waals surface area (Å²) in [5.41, 5.74) is 0. The van der Waals surface area contributed by atoms with Crippen molar-refractivity contribution >= 4 is 5.97 Å². The molecule has 0 saturated carbocycles. The van der Waals surface area contributed by atoms with Crippen molar-refractivity contribution in [3.8, 4) is 0 Å². The fourth-order valence-electron chi connectivity index (χ4n) is 0.661. The van der Waals surface area contributed by atoms with E-state index in [0.717, 1.165) is 19.3 Å². The van der Waals surface area contributed by atoms with Crippen LogP contribution in [0.15, 0.2) is 24.3 Å². The van der Waals surface area contributed by atoms with Crippen LogP contribution in [0.4, 0.5) is 0 Å². The maximum absolute atomic E-state index is 9.98. The van der Waals surface area contributed by atoms with Crippen molar-refractivity contribution in [2.24, 2.45) is 0 Å². The first-order valence-electron chi connectivity index (χ1n) is 3.81. The number of hydrogen-bond donors (Lipinski definition) is 1. The summed E-state index contributed by atoms with van der Waals surface area (Å²) >= 11 is 0. The standard InChI is InChI=1S/C9H14O2/c1-2-3-4-5-6-7-8-9(10)11/h3-4,7-8H,2,5-6H2,1H3,(H,10,11). The molecule has 0 aromatic carbocycles. The summed E-state index contributed by atoms with van der Waals surface area (Å²) in [6, 6.07) is 0. The smallest absolute Gasteiger partial charge is 0.327 e. The zero-order valence-corrected chi connectivity index (χ0v) is 6.79. The summed E-state index contributed by atoms with van der Waals surface area (Å²) < 4.78 is 0. The molecular weight excluding hydrogens is 140 g/mol. The van der Waals surface area contributed by atoms with Crippen LogP contribution < -0.4 is 0 Å². The van der Waals surface area contributed by atoms with Crippen molar-refractivity contribution in [3.05, 3.63) is 24.3 Å². The van der Waals surface area contributed by atoms with Crippen molar-refractivity contribution in [1.82, 2.24) is 0 Å². The highest BCUT2D eigenvalue weighted by Gasteiger charge is 1.82. The van der Waals surface area contributed by atoms with Crippen molar-refractivity contribution < 1.29 is 9.90 Å². The molecule has 0 aliphatic rings. The predicted octanol–water partition coefficient (Wildman–Crippen LogP) is 2.37. The minimum atomic E-state index is -0.871. The SMILES string of the molecule is CCC=CCCC=CC(=O)O. The van der Waals surface area contributed by atoms with Crippen molar-refractivity contribution in [3.63, 3.8) is 0 Å². The van der Waals surface area contributed by atoms with Crippen LogP contribution >= 0.6 is 0 Å². The molecule has 0 heterocycles. The van der Waals surface area contributed by atoms with Gasteiger partial charge in [0.05, 0.1) is 0 Å². The molecule has 0 amide bonds. The van der Waals surface area contributed by atoms with E-state index in [-0.39, 0.29) is 0 Å². The van der Waals surface area contributed by atoms with E-state index >= 15 is 0 Å². The summed E-state index contributed by atoms with van der Waals surface area (Å²) in [5, 5.41) is 8.21. The van der Waals surface area contributed by atoms with Gasteiger partial charge in [-0.2, -0.15) is 0 Å². The highest BCUT2D eigenvalue weighted by atomic mass is 16.4. The van der Waals surface area contributed by atoms with Crippen LogP contribution in [-0.4, -0.2) is 11.1 Å². The monoisotopic (exact) mass is 154 g/mol. The first kappa shape index (κ1) is 9.95. The third-order valence-corrected chi connectivity index (χ3v) is 1.16. The van der Waals surface area contributed by atoms with Crippen LogP contribution in [0.3, 0.4) is 0 Å². The molecule has 0 saturated heterocycles. The van der Waals surface area contributed by atoms with Gasteiger partial charge in [-0.05, 0) is 19.3 Å². The molecule has 0 radical (unpaired) electrons. The van der Waals surface area contributed by atoms with Gasteiger partial charge in [0.25, 0.3) is 0 Å². The second-order valence-corrected chi connectivity index (χ2v) is 2.20. The topological polar surface area (TPSA) is 37.3 Å². The van der Waals surface area contributed by atoms with Crippen molar-refractivity contribution in [2.45, 2.75) is 26.2 Å². The van der Waals surface area contributed by atoms with E-state index in [1.807, 2.05) is 0 Å². The molecule has 0 aromatic rings. The lowest BCUT2D eigenvalue weighted by molar-refractivity contribution is -0.131. The highest BCUT2D eigenvalue weighted by Crippen LogP contribution is 1.93. The minimum absolute atomic E-state index is 0.808. The number of carboxylic acids is 1. The predicted molar refractivity (Wildman–Crippen MR) is 45.4 cm³/mol. The fourth-order valence-corrected chi connectivity index (χ4v) is 0.661. The Bertz CT molecular complexity index is 157. The third kappa shape index (κ3) is 8.95. The molecule has 62 valence electrons. The van der Waals surface area contributed by atoms with Gasteiger partial charge in [0.2, 0.25) is 0 Å². The van der Waals surface area contributed by atoms with Gasteiger partial charge < -0.3 is 5.11 Å². The Labute approximate surface area is 67.2 Å². The Kier molecular flexibility index (Phi) is 6.39. The van der Waals surface area contributed by atoms with Gasteiger partial charge >= 0.3 is 5.97 Å². The van der Waals surface area contributed by atoms with Gasteiger partial charge in [0.1, 0.15) is 0 Å². The number of allylic oxidation sites excluding steroid dienone is 3. The first-order chi connectivity index (χ1) is 5.27. The van der Waals surface area contributed by atoms with E-state index in [1.165, 1.54) is 6.08 Å². The zero-order chi connectivity index (χ0) is 8.53. The summed E-state index contributed by atoms with van der Waals surface area (Å²) in [6.45, 7) is 2.07. The molecule has 1 N–H and O–H groups in total. The van der Waals surface area contributed by atoms with E-state index in [1.54, 1.807) is 6.08 Å². The largest absolute Gasteiger partial charge is 0.478 e. The maximum atomic E-state index is 9.98. The molecule has 0 bridgehead atoms. The van der Waals surface area contributed by atoms with E-state index in [4.69, 9.17) is 5.11 Å². The number of hydrogen-bond acceptors (Lipinski definition) is 1. The molecule has 2 nitrogen and oxygen atoms in total. The number of carboxylic acid groups (broad SMARTS) is 1. The van der Waals surface area contributed by atoms with E-state index in [9.17, 15) is 4.79 Å². The van der Waals surface area contributed by atoms with Crippen LogP contribution in [0.5, 0.6) is 0 Å². The van der Waals surface area contributed by atoms with E-state index in [2.05, 4.69) is 19.1 Å². The fraction of sp³-hybridized carbons (Fsp3) is 0.444. The molecule has 0 aliphatic heterocycles. The maximum Gasteiger partial charge on any atom is 0.327 e. The van der Waals surface area contributed by atoms with Crippen molar-refractivity contribution in [2.75, 3.05) is 0 Å². The molecule has 0 fully saturated rings. The quantitative estimate of drug-likeness (QED) is 0.375. The Balaban J connectivity index is 3.27. The molecule has 0 spiro atoms. The molecule has 0 rings (SSSR count). The van der Waals surface area contributed by atoms with Crippen LogP contribution in [0, 0.1) is 0 Å². The van der Waals surface area contributed by atoms with Crippen LogP contribution in [0.2, 0.25) is 0 Å². The average molecular weight is 154 g/mol. The summed E-state index contributed by atoms with van der Waals surface area (Å²) in [5.74, 6) is -0.871. The number of rotatable bonds is 5. The lowest BCUT2D eigenvalue weighted by atomic mass is 10.2. The summed E-state index contributed by atoms with van der Waals surface area (Å²) in [7, 11) is 0. The van der Waals surface area contributed by atoms with Gasteiger partial charge in [-0.15, -0.1) is 0 Å². The Morgan fingerprint density at radius 3 is 2.45 bits per heavy atom. The van der Waals surface area contributed by atoms with Gasteiger partial charge in [-0.25, -0.2) is 4.79 Å².